The lowest BCUT2D eigenvalue weighted by atomic mass is 10.0. The molecular weight excluding hydrogens is 358 g/mol. The SMILES string of the molecule is O=C(C=Cc1ccccc1[N+](=O)[O-])N1CCN(C(=O)CCC2CCCC2)CC1. The number of benzene rings is 1. The van der Waals surface area contributed by atoms with E-state index in [4.69, 9.17) is 0 Å². The molecule has 0 radical (unpaired) electrons. The van der Waals surface area contributed by atoms with Gasteiger partial charge < -0.3 is 9.80 Å². The molecule has 0 N–H and O–H groups in total. The Bertz CT molecular complexity index is 748. The highest BCUT2D eigenvalue weighted by molar-refractivity contribution is 5.92. The fourth-order valence-electron chi connectivity index (χ4n) is 4.02. The Balaban J connectivity index is 1.47. The molecule has 0 bridgehead atoms. The van der Waals surface area contributed by atoms with Gasteiger partial charge in [0, 0.05) is 44.7 Å². The van der Waals surface area contributed by atoms with Crippen molar-refractivity contribution in [1.29, 1.82) is 0 Å². The molecule has 1 aromatic rings. The van der Waals surface area contributed by atoms with Crippen LogP contribution in [0.2, 0.25) is 0 Å². The van der Waals surface area contributed by atoms with Crippen LogP contribution in [0.25, 0.3) is 6.08 Å². The molecule has 1 aliphatic heterocycles. The summed E-state index contributed by atoms with van der Waals surface area (Å²) in [6, 6.07) is 6.33. The van der Waals surface area contributed by atoms with E-state index in [9.17, 15) is 19.7 Å². The maximum atomic E-state index is 12.4. The Labute approximate surface area is 165 Å². The van der Waals surface area contributed by atoms with Crippen molar-refractivity contribution in [1.82, 2.24) is 9.80 Å². The van der Waals surface area contributed by atoms with E-state index in [1.165, 1.54) is 43.9 Å². The Hall–Kier alpha value is -2.70. The first-order chi connectivity index (χ1) is 13.5. The normalized spacial score (nSPS) is 18.0. The van der Waals surface area contributed by atoms with Crippen molar-refractivity contribution >= 4 is 23.6 Å². The number of carbonyl (C=O) groups excluding carboxylic acids is 2. The lowest BCUT2D eigenvalue weighted by Gasteiger charge is -2.34. The molecular formula is C21H27N3O4. The molecule has 1 saturated carbocycles. The number of hydrogen-bond donors (Lipinski definition) is 0. The minimum Gasteiger partial charge on any atom is -0.339 e. The maximum absolute atomic E-state index is 12.4. The van der Waals surface area contributed by atoms with Crippen LogP contribution < -0.4 is 0 Å². The molecule has 3 rings (SSSR count). The molecule has 2 aliphatic rings. The summed E-state index contributed by atoms with van der Waals surface area (Å²) >= 11 is 0. The average molecular weight is 385 g/mol. The van der Waals surface area contributed by atoms with Crippen LogP contribution in [0.1, 0.15) is 44.1 Å². The number of nitrogens with zero attached hydrogens (tertiary/aromatic N) is 3. The van der Waals surface area contributed by atoms with Gasteiger partial charge in [-0.3, -0.25) is 19.7 Å². The summed E-state index contributed by atoms with van der Waals surface area (Å²) in [4.78, 5) is 38.9. The highest BCUT2D eigenvalue weighted by Crippen LogP contribution is 2.28. The number of nitro benzene ring substituents is 1. The second kappa shape index (κ2) is 9.48. The minimum absolute atomic E-state index is 0.0239. The fraction of sp³-hybridized carbons (Fsp3) is 0.524. The van der Waals surface area contributed by atoms with Gasteiger partial charge in [0.05, 0.1) is 10.5 Å². The van der Waals surface area contributed by atoms with Gasteiger partial charge in [0.2, 0.25) is 11.8 Å². The minimum atomic E-state index is -0.458. The van der Waals surface area contributed by atoms with Gasteiger partial charge in [0.25, 0.3) is 5.69 Å². The summed E-state index contributed by atoms with van der Waals surface area (Å²) < 4.78 is 0. The van der Waals surface area contributed by atoms with Crippen LogP contribution in [0.5, 0.6) is 0 Å². The zero-order valence-electron chi connectivity index (χ0n) is 16.1. The number of piperazine rings is 1. The predicted octanol–water partition coefficient (Wildman–Crippen LogP) is 3.25. The van der Waals surface area contributed by atoms with Crippen LogP contribution in [0.15, 0.2) is 30.3 Å². The first kappa shape index (κ1) is 20.0. The third-order valence-corrected chi connectivity index (χ3v) is 5.72. The summed E-state index contributed by atoms with van der Waals surface area (Å²) in [7, 11) is 0. The lowest BCUT2D eigenvalue weighted by Crippen LogP contribution is -2.50. The van der Waals surface area contributed by atoms with Gasteiger partial charge in [-0.1, -0.05) is 37.8 Å². The molecule has 7 heteroatoms. The standard InChI is InChI=1S/C21H27N3O4/c25-20(11-9-17-5-1-2-6-17)22-13-15-23(16-14-22)21(26)12-10-18-7-3-4-8-19(18)24(27)28/h3-4,7-8,10,12,17H,1-2,5-6,9,11,13-16H2. The van der Waals surface area contributed by atoms with Gasteiger partial charge in [-0.25, -0.2) is 0 Å². The summed E-state index contributed by atoms with van der Waals surface area (Å²) in [5, 5.41) is 11.0. The zero-order valence-corrected chi connectivity index (χ0v) is 16.1. The van der Waals surface area contributed by atoms with Crippen LogP contribution in [0.4, 0.5) is 5.69 Å². The van der Waals surface area contributed by atoms with E-state index in [0.29, 0.717) is 44.1 Å². The highest BCUT2D eigenvalue weighted by Gasteiger charge is 2.24. The van der Waals surface area contributed by atoms with E-state index < -0.39 is 4.92 Å². The molecule has 0 spiro atoms. The second-order valence-electron chi connectivity index (χ2n) is 7.54. The number of rotatable bonds is 6. The van der Waals surface area contributed by atoms with Gasteiger partial charge in [-0.2, -0.15) is 0 Å². The Morgan fingerprint density at radius 2 is 1.71 bits per heavy atom. The zero-order chi connectivity index (χ0) is 19.9. The summed E-state index contributed by atoms with van der Waals surface area (Å²) in [5.74, 6) is 0.713. The van der Waals surface area contributed by atoms with Gasteiger partial charge in [0.15, 0.2) is 0 Å². The molecule has 1 aliphatic carbocycles. The molecule has 7 nitrogen and oxygen atoms in total. The quantitative estimate of drug-likeness (QED) is 0.427. The molecule has 2 fully saturated rings. The van der Waals surface area contributed by atoms with Crippen molar-refractivity contribution in [3.63, 3.8) is 0 Å². The molecule has 1 aromatic carbocycles. The molecule has 0 atom stereocenters. The molecule has 0 unspecified atom stereocenters. The average Bonchev–Trinajstić information content (AvgIpc) is 3.24. The van der Waals surface area contributed by atoms with Crippen LogP contribution in [-0.4, -0.2) is 52.7 Å². The Kier molecular flexibility index (Phi) is 6.79. The van der Waals surface area contributed by atoms with Crippen LogP contribution >= 0.6 is 0 Å². The smallest absolute Gasteiger partial charge is 0.276 e. The number of carbonyl (C=O) groups is 2. The molecule has 150 valence electrons. The van der Waals surface area contributed by atoms with Gasteiger partial charge in [-0.15, -0.1) is 0 Å². The van der Waals surface area contributed by atoms with E-state index in [0.717, 1.165) is 6.42 Å². The van der Waals surface area contributed by atoms with Crippen LogP contribution in [-0.2, 0) is 9.59 Å². The third-order valence-electron chi connectivity index (χ3n) is 5.72. The molecule has 2 amide bonds. The second-order valence-corrected chi connectivity index (χ2v) is 7.54. The fourth-order valence-corrected chi connectivity index (χ4v) is 4.02. The highest BCUT2D eigenvalue weighted by atomic mass is 16.6. The summed E-state index contributed by atoms with van der Waals surface area (Å²) in [6.07, 6.45) is 9.54. The van der Waals surface area contributed by atoms with E-state index in [1.807, 2.05) is 4.90 Å². The third kappa shape index (κ3) is 5.18. The van der Waals surface area contributed by atoms with Crippen molar-refractivity contribution in [3.05, 3.63) is 46.0 Å². The first-order valence-electron chi connectivity index (χ1n) is 10.0. The number of nitro groups is 1. The Morgan fingerprint density at radius 3 is 2.39 bits per heavy atom. The van der Waals surface area contributed by atoms with Gasteiger partial charge >= 0.3 is 0 Å². The Morgan fingerprint density at radius 1 is 1.07 bits per heavy atom. The molecule has 28 heavy (non-hydrogen) atoms. The monoisotopic (exact) mass is 385 g/mol. The van der Waals surface area contributed by atoms with Gasteiger partial charge in [-0.05, 0) is 24.5 Å². The molecule has 1 heterocycles. The van der Waals surface area contributed by atoms with Crippen molar-refractivity contribution < 1.29 is 14.5 Å². The first-order valence-corrected chi connectivity index (χ1v) is 10.0. The largest absolute Gasteiger partial charge is 0.339 e. The molecule has 1 saturated heterocycles. The molecule has 0 aromatic heterocycles. The van der Waals surface area contributed by atoms with E-state index in [1.54, 1.807) is 23.1 Å². The van der Waals surface area contributed by atoms with Crippen LogP contribution in [0.3, 0.4) is 0 Å². The van der Waals surface area contributed by atoms with Gasteiger partial charge in [0.1, 0.15) is 0 Å². The van der Waals surface area contributed by atoms with E-state index in [-0.39, 0.29) is 17.5 Å². The number of para-hydroxylation sites is 1. The number of amides is 2. The van der Waals surface area contributed by atoms with E-state index >= 15 is 0 Å². The van der Waals surface area contributed by atoms with Crippen LogP contribution in [0, 0.1) is 16.0 Å². The van der Waals surface area contributed by atoms with Crippen molar-refractivity contribution in [2.24, 2.45) is 5.92 Å². The summed E-state index contributed by atoms with van der Waals surface area (Å²) in [6.45, 7) is 2.09. The van der Waals surface area contributed by atoms with Crippen molar-refractivity contribution in [2.45, 2.75) is 38.5 Å². The lowest BCUT2D eigenvalue weighted by molar-refractivity contribution is -0.385. The predicted molar refractivity (Wildman–Crippen MR) is 106 cm³/mol. The van der Waals surface area contributed by atoms with Crippen molar-refractivity contribution in [2.75, 3.05) is 26.2 Å². The number of hydrogen-bond acceptors (Lipinski definition) is 4. The van der Waals surface area contributed by atoms with E-state index in [2.05, 4.69) is 0 Å². The topological polar surface area (TPSA) is 83.8 Å². The van der Waals surface area contributed by atoms with Crippen molar-refractivity contribution in [3.8, 4) is 0 Å². The summed E-state index contributed by atoms with van der Waals surface area (Å²) in [5.41, 5.74) is 0.380. The maximum Gasteiger partial charge on any atom is 0.276 e.